The van der Waals surface area contributed by atoms with Crippen LogP contribution >= 0.6 is 11.3 Å². The number of amides is 2. The molecule has 0 spiro atoms. The molecule has 1 atom stereocenters. The molecule has 0 saturated heterocycles. The predicted octanol–water partition coefficient (Wildman–Crippen LogP) is 2.58. The number of carbonyl (C=O) groups is 1. The highest BCUT2D eigenvalue weighted by Crippen LogP contribution is 2.22. The number of pyridine rings is 1. The molecule has 2 aromatic rings. The summed E-state index contributed by atoms with van der Waals surface area (Å²) in [5, 5.41) is 3.85. The Labute approximate surface area is 146 Å². The first-order valence-corrected chi connectivity index (χ1v) is 9.06. The van der Waals surface area contributed by atoms with E-state index < -0.39 is 0 Å². The summed E-state index contributed by atoms with van der Waals surface area (Å²) in [7, 11) is 1.77. The Morgan fingerprint density at radius 2 is 2.29 bits per heavy atom. The zero-order valence-corrected chi connectivity index (χ0v) is 14.9. The molecule has 0 saturated carbocycles. The van der Waals surface area contributed by atoms with E-state index in [2.05, 4.69) is 22.2 Å². The lowest BCUT2D eigenvalue weighted by atomic mass is 9.92. The van der Waals surface area contributed by atoms with Gasteiger partial charge in [0.25, 0.3) is 0 Å². The van der Waals surface area contributed by atoms with Crippen LogP contribution in [-0.2, 0) is 25.8 Å². The normalized spacial score (nSPS) is 16.5. The summed E-state index contributed by atoms with van der Waals surface area (Å²) in [6.45, 7) is 2.60. The lowest BCUT2D eigenvalue weighted by Crippen LogP contribution is -2.31. The molecule has 0 bridgehead atoms. The number of fused-ring (bicyclic) bond motifs is 1. The Kier molecular flexibility index (Phi) is 5.11. The molecule has 0 fully saturated rings. The second-order valence-electron chi connectivity index (χ2n) is 6.19. The SMILES string of the molecule is CCc1cnc(CN(C)C(=O)Nc2cnc3c(c2)CC(N)CC3)s1. The molecule has 7 heteroatoms. The number of aryl methyl sites for hydroxylation is 2. The zero-order valence-electron chi connectivity index (χ0n) is 14.1. The molecular weight excluding hydrogens is 322 g/mol. The lowest BCUT2D eigenvalue weighted by Gasteiger charge is -2.22. The smallest absolute Gasteiger partial charge is 0.322 e. The lowest BCUT2D eigenvalue weighted by molar-refractivity contribution is 0.220. The Morgan fingerprint density at radius 1 is 1.46 bits per heavy atom. The van der Waals surface area contributed by atoms with E-state index in [4.69, 9.17) is 5.73 Å². The molecule has 0 aliphatic heterocycles. The maximum Gasteiger partial charge on any atom is 0.322 e. The van der Waals surface area contributed by atoms with Crippen molar-refractivity contribution in [3.63, 3.8) is 0 Å². The first-order valence-electron chi connectivity index (χ1n) is 8.24. The van der Waals surface area contributed by atoms with Crippen LogP contribution in [0, 0.1) is 0 Å². The van der Waals surface area contributed by atoms with Crippen LogP contribution in [0.3, 0.4) is 0 Å². The maximum absolute atomic E-state index is 12.4. The molecule has 3 N–H and O–H groups in total. The number of nitrogens with one attached hydrogen (secondary N) is 1. The van der Waals surface area contributed by atoms with Gasteiger partial charge in [0.2, 0.25) is 0 Å². The van der Waals surface area contributed by atoms with E-state index in [1.54, 1.807) is 29.5 Å². The zero-order chi connectivity index (χ0) is 17.1. The quantitative estimate of drug-likeness (QED) is 0.892. The van der Waals surface area contributed by atoms with Crippen molar-refractivity contribution in [3.05, 3.63) is 39.6 Å². The van der Waals surface area contributed by atoms with Gasteiger partial charge >= 0.3 is 6.03 Å². The predicted molar refractivity (Wildman–Crippen MR) is 96.2 cm³/mol. The van der Waals surface area contributed by atoms with E-state index in [1.165, 1.54) is 4.88 Å². The van der Waals surface area contributed by atoms with Gasteiger partial charge < -0.3 is 16.0 Å². The number of nitrogens with zero attached hydrogens (tertiary/aromatic N) is 3. The van der Waals surface area contributed by atoms with Crippen molar-refractivity contribution in [2.24, 2.45) is 5.73 Å². The third kappa shape index (κ3) is 3.91. The van der Waals surface area contributed by atoms with E-state index in [0.29, 0.717) is 12.2 Å². The van der Waals surface area contributed by atoms with Crippen LogP contribution in [0.25, 0.3) is 0 Å². The van der Waals surface area contributed by atoms with E-state index in [-0.39, 0.29) is 12.1 Å². The third-order valence-corrected chi connectivity index (χ3v) is 5.34. The van der Waals surface area contributed by atoms with Crippen molar-refractivity contribution in [1.82, 2.24) is 14.9 Å². The molecular formula is C17H23N5OS. The van der Waals surface area contributed by atoms with Crippen molar-refractivity contribution in [2.45, 2.75) is 45.2 Å². The van der Waals surface area contributed by atoms with Crippen LogP contribution in [0.2, 0.25) is 0 Å². The van der Waals surface area contributed by atoms with Gasteiger partial charge in [-0.3, -0.25) is 4.98 Å². The molecule has 3 rings (SSSR count). The molecule has 2 heterocycles. The van der Waals surface area contributed by atoms with Crippen molar-refractivity contribution >= 4 is 23.1 Å². The van der Waals surface area contributed by atoms with E-state index in [1.807, 2.05) is 12.3 Å². The van der Waals surface area contributed by atoms with Gasteiger partial charge in [0.1, 0.15) is 5.01 Å². The number of aromatic nitrogens is 2. The third-order valence-electron chi connectivity index (χ3n) is 4.21. The minimum Gasteiger partial charge on any atom is -0.327 e. The van der Waals surface area contributed by atoms with Crippen LogP contribution in [-0.4, -0.2) is 34.0 Å². The fourth-order valence-corrected chi connectivity index (χ4v) is 3.71. The molecule has 6 nitrogen and oxygen atoms in total. The second kappa shape index (κ2) is 7.27. The van der Waals surface area contributed by atoms with E-state index >= 15 is 0 Å². The summed E-state index contributed by atoms with van der Waals surface area (Å²) in [6.07, 6.45) is 7.27. The van der Waals surface area contributed by atoms with Crippen LogP contribution in [0.4, 0.5) is 10.5 Å². The first-order chi connectivity index (χ1) is 11.5. The van der Waals surface area contributed by atoms with Gasteiger partial charge in [-0.15, -0.1) is 11.3 Å². The fraction of sp³-hybridized carbons (Fsp3) is 0.471. The number of rotatable bonds is 4. The minimum absolute atomic E-state index is 0.162. The van der Waals surface area contributed by atoms with Gasteiger partial charge in [-0.2, -0.15) is 0 Å². The standard InChI is InChI=1S/C17H23N5OS/c1-3-14-9-20-16(24-14)10-22(2)17(23)21-13-7-11-6-12(18)4-5-15(11)19-8-13/h7-9,12H,3-6,10,18H2,1-2H3,(H,21,23). The monoisotopic (exact) mass is 345 g/mol. The maximum atomic E-state index is 12.4. The Bertz CT molecular complexity index is 730. The summed E-state index contributed by atoms with van der Waals surface area (Å²) in [5.74, 6) is 0. The van der Waals surface area contributed by atoms with Gasteiger partial charge in [0.15, 0.2) is 0 Å². The van der Waals surface area contributed by atoms with Crippen LogP contribution in [0.1, 0.15) is 34.5 Å². The molecule has 2 aromatic heterocycles. The van der Waals surface area contributed by atoms with Gasteiger partial charge in [-0.05, 0) is 37.3 Å². The number of nitrogens with two attached hydrogens (primary N) is 1. The van der Waals surface area contributed by atoms with E-state index in [0.717, 1.165) is 41.9 Å². The van der Waals surface area contributed by atoms with Gasteiger partial charge in [-0.25, -0.2) is 9.78 Å². The molecule has 0 aromatic carbocycles. The number of anilines is 1. The number of thiazole rings is 1. The largest absolute Gasteiger partial charge is 0.327 e. The van der Waals surface area contributed by atoms with Crippen molar-refractivity contribution in [1.29, 1.82) is 0 Å². The topological polar surface area (TPSA) is 84.1 Å². The highest BCUT2D eigenvalue weighted by atomic mass is 32.1. The minimum atomic E-state index is -0.162. The molecule has 24 heavy (non-hydrogen) atoms. The average molecular weight is 345 g/mol. The number of carbonyl (C=O) groups excluding carboxylic acids is 1. The fourth-order valence-electron chi connectivity index (χ4n) is 2.79. The number of urea groups is 1. The molecule has 1 aliphatic carbocycles. The summed E-state index contributed by atoms with van der Waals surface area (Å²) < 4.78 is 0. The molecule has 1 aliphatic rings. The van der Waals surface area contributed by atoms with E-state index in [9.17, 15) is 4.79 Å². The highest BCUT2D eigenvalue weighted by Gasteiger charge is 2.18. The van der Waals surface area contributed by atoms with Crippen LogP contribution < -0.4 is 11.1 Å². The molecule has 0 radical (unpaired) electrons. The Morgan fingerprint density at radius 3 is 3.04 bits per heavy atom. The number of hydrogen-bond donors (Lipinski definition) is 2. The van der Waals surface area contributed by atoms with Crippen molar-refractivity contribution < 1.29 is 4.79 Å². The van der Waals surface area contributed by atoms with Crippen molar-refractivity contribution in [2.75, 3.05) is 12.4 Å². The summed E-state index contributed by atoms with van der Waals surface area (Å²) in [4.78, 5) is 24.0. The molecule has 2 amide bonds. The average Bonchev–Trinajstić information content (AvgIpc) is 3.02. The summed E-state index contributed by atoms with van der Waals surface area (Å²) >= 11 is 1.64. The first kappa shape index (κ1) is 16.9. The Hall–Kier alpha value is -1.99. The van der Waals surface area contributed by atoms with Gasteiger partial charge in [0.05, 0.1) is 18.4 Å². The van der Waals surface area contributed by atoms with Crippen LogP contribution in [0.15, 0.2) is 18.5 Å². The highest BCUT2D eigenvalue weighted by molar-refractivity contribution is 7.11. The summed E-state index contributed by atoms with van der Waals surface area (Å²) in [6, 6.07) is 2.02. The molecule has 128 valence electrons. The van der Waals surface area contributed by atoms with Gasteiger partial charge in [0, 0.05) is 29.9 Å². The Balaban J connectivity index is 1.62. The second-order valence-corrected chi connectivity index (χ2v) is 7.39. The van der Waals surface area contributed by atoms with Crippen LogP contribution in [0.5, 0.6) is 0 Å². The van der Waals surface area contributed by atoms with Gasteiger partial charge in [-0.1, -0.05) is 6.92 Å². The number of hydrogen-bond acceptors (Lipinski definition) is 5. The van der Waals surface area contributed by atoms with Crippen molar-refractivity contribution in [3.8, 4) is 0 Å². The summed E-state index contributed by atoms with van der Waals surface area (Å²) in [5.41, 5.74) is 8.97. The molecule has 1 unspecified atom stereocenters.